The van der Waals surface area contributed by atoms with Gasteiger partial charge < -0.3 is 10.2 Å². The molecule has 1 aromatic heterocycles. The van der Waals surface area contributed by atoms with Crippen molar-refractivity contribution in [3.63, 3.8) is 0 Å². The number of piperazine rings is 1. The van der Waals surface area contributed by atoms with E-state index in [1.165, 1.54) is 16.7 Å². The molecule has 2 aromatic rings. The van der Waals surface area contributed by atoms with E-state index in [9.17, 15) is 4.79 Å². The molecule has 0 radical (unpaired) electrons. The summed E-state index contributed by atoms with van der Waals surface area (Å²) in [5.41, 5.74) is 4.99. The van der Waals surface area contributed by atoms with Crippen molar-refractivity contribution in [2.75, 3.05) is 19.6 Å². The second-order valence-electron chi connectivity index (χ2n) is 7.16. The molecule has 5 heteroatoms. The summed E-state index contributed by atoms with van der Waals surface area (Å²) in [6.45, 7) is 4.65. The van der Waals surface area contributed by atoms with E-state index >= 15 is 0 Å². The maximum absolute atomic E-state index is 13.3. The number of hydrogen-bond donors (Lipinski definition) is 2. The topological polar surface area (TPSA) is 61.0 Å². The van der Waals surface area contributed by atoms with Crippen LogP contribution in [0.5, 0.6) is 0 Å². The molecular formula is C20H26N4O. The highest BCUT2D eigenvalue weighted by atomic mass is 16.2. The van der Waals surface area contributed by atoms with Gasteiger partial charge in [0.1, 0.15) is 0 Å². The lowest BCUT2D eigenvalue weighted by molar-refractivity contribution is -0.139. The van der Waals surface area contributed by atoms with E-state index in [-0.39, 0.29) is 12.0 Å². The Morgan fingerprint density at radius 1 is 1.32 bits per heavy atom. The van der Waals surface area contributed by atoms with E-state index in [2.05, 4.69) is 51.6 Å². The number of aromatic nitrogens is 2. The standard InChI is InChI=1S/C20H26N4O/c1-2-14-3-5-15(6-4-14)19-13-21-9-10-24(19)20(25)16-7-8-17-12-22-23-18(17)11-16/h3-6,12,16,19,21H,2,7-11,13H2,1H3,(H,22,23). The molecule has 0 bridgehead atoms. The lowest BCUT2D eigenvalue weighted by Gasteiger charge is -2.39. The Hall–Kier alpha value is -2.14. The number of carbonyl (C=O) groups excluding carboxylic acids is 1. The molecule has 1 aliphatic heterocycles. The summed E-state index contributed by atoms with van der Waals surface area (Å²) in [5.74, 6) is 0.370. The molecule has 1 fully saturated rings. The van der Waals surface area contributed by atoms with Gasteiger partial charge >= 0.3 is 0 Å². The largest absolute Gasteiger partial charge is 0.333 e. The Bertz CT molecular complexity index is 736. The first-order valence-electron chi connectivity index (χ1n) is 9.37. The Balaban J connectivity index is 1.53. The molecule has 1 aromatic carbocycles. The molecule has 4 rings (SSSR count). The Kier molecular flexibility index (Phi) is 4.57. The van der Waals surface area contributed by atoms with Crippen LogP contribution in [0.25, 0.3) is 0 Å². The molecule has 2 atom stereocenters. The second kappa shape index (κ2) is 7.00. The van der Waals surface area contributed by atoms with Crippen molar-refractivity contribution in [2.45, 2.75) is 38.6 Å². The lowest BCUT2D eigenvalue weighted by Crippen LogP contribution is -2.51. The van der Waals surface area contributed by atoms with Crippen molar-refractivity contribution in [1.82, 2.24) is 20.4 Å². The second-order valence-corrected chi connectivity index (χ2v) is 7.16. The third-order valence-corrected chi connectivity index (χ3v) is 5.67. The fraction of sp³-hybridized carbons (Fsp3) is 0.500. The van der Waals surface area contributed by atoms with E-state index in [0.29, 0.717) is 5.91 Å². The molecule has 2 unspecified atom stereocenters. The first kappa shape index (κ1) is 16.3. The van der Waals surface area contributed by atoms with Gasteiger partial charge in [0, 0.05) is 37.7 Å². The maximum Gasteiger partial charge on any atom is 0.226 e. The number of nitrogens with one attached hydrogen (secondary N) is 2. The van der Waals surface area contributed by atoms with Gasteiger partial charge in [0.25, 0.3) is 0 Å². The zero-order chi connectivity index (χ0) is 17.2. The van der Waals surface area contributed by atoms with Gasteiger partial charge in [-0.3, -0.25) is 9.89 Å². The summed E-state index contributed by atoms with van der Waals surface area (Å²) in [4.78, 5) is 15.4. The summed E-state index contributed by atoms with van der Waals surface area (Å²) in [5, 5.41) is 10.6. The first-order chi connectivity index (χ1) is 12.3. The number of carbonyl (C=O) groups is 1. The van der Waals surface area contributed by atoms with Gasteiger partial charge in [0.15, 0.2) is 0 Å². The van der Waals surface area contributed by atoms with Crippen LogP contribution < -0.4 is 5.32 Å². The number of amides is 1. The average Bonchev–Trinajstić information content (AvgIpc) is 3.15. The van der Waals surface area contributed by atoms with Crippen LogP contribution in [0.15, 0.2) is 30.5 Å². The van der Waals surface area contributed by atoms with Crippen LogP contribution in [-0.4, -0.2) is 40.6 Å². The average molecular weight is 338 g/mol. The van der Waals surface area contributed by atoms with Crippen molar-refractivity contribution in [1.29, 1.82) is 0 Å². The number of fused-ring (bicyclic) bond motifs is 1. The molecule has 1 aliphatic carbocycles. The Morgan fingerprint density at radius 2 is 2.16 bits per heavy atom. The van der Waals surface area contributed by atoms with E-state index in [4.69, 9.17) is 0 Å². The smallest absolute Gasteiger partial charge is 0.226 e. The number of hydrogen-bond acceptors (Lipinski definition) is 3. The Morgan fingerprint density at radius 3 is 2.96 bits per heavy atom. The summed E-state index contributed by atoms with van der Waals surface area (Å²) >= 11 is 0. The molecule has 25 heavy (non-hydrogen) atoms. The zero-order valence-corrected chi connectivity index (χ0v) is 14.8. The van der Waals surface area contributed by atoms with Crippen LogP contribution in [0.3, 0.4) is 0 Å². The van der Waals surface area contributed by atoms with Crippen molar-refractivity contribution in [3.8, 4) is 0 Å². The minimum absolute atomic E-state index is 0.0727. The van der Waals surface area contributed by atoms with Gasteiger partial charge in [-0.15, -0.1) is 0 Å². The van der Waals surface area contributed by atoms with Gasteiger partial charge in [-0.25, -0.2) is 0 Å². The Labute approximate surface area is 148 Å². The highest BCUT2D eigenvalue weighted by Gasteiger charge is 2.34. The van der Waals surface area contributed by atoms with Crippen LogP contribution in [-0.2, 0) is 24.1 Å². The van der Waals surface area contributed by atoms with Crippen molar-refractivity contribution < 1.29 is 4.79 Å². The molecule has 2 heterocycles. The van der Waals surface area contributed by atoms with Crippen molar-refractivity contribution in [2.24, 2.45) is 5.92 Å². The molecule has 132 valence electrons. The predicted octanol–water partition coefficient (Wildman–Crippen LogP) is 2.25. The minimum Gasteiger partial charge on any atom is -0.333 e. The van der Waals surface area contributed by atoms with E-state index < -0.39 is 0 Å². The number of benzene rings is 1. The van der Waals surface area contributed by atoms with E-state index in [1.807, 2.05) is 6.20 Å². The molecule has 2 aliphatic rings. The van der Waals surface area contributed by atoms with Crippen LogP contribution in [0.4, 0.5) is 0 Å². The SMILES string of the molecule is CCc1ccc(C2CNCCN2C(=O)C2CCc3cn[nH]c3C2)cc1. The quantitative estimate of drug-likeness (QED) is 0.902. The number of rotatable bonds is 3. The van der Waals surface area contributed by atoms with Crippen LogP contribution in [0, 0.1) is 5.92 Å². The fourth-order valence-electron chi connectivity index (χ4n) is 4.09. The van der Waals surface area contributed by atoms with E-state index in [1.54, 1.807) is 0 Å². The van der Waals surface area contributed by atoms with Gasteiger partial charge in [-0.05, 0) is 36.0 Å². The highest BCUT2D eigenvalue weighted by molar-refractivity contribution is 5.80. The van der Waals surface area contributed by atoms with Gasteiger partial charge in [0.2, 0.25) is 5.91 Å². The first-order valence-corrected chi connectivity index (χ1v) is 9.37. The monoisotopic (exact) mass is 338 g/mol. The van der Waals surface area contributed by atoms with Crippen LogP contribution in [0.1, 0.15) is 41.8 Å². The van der Waals surface area contributed by atoms with Crippen molar-refractivity contribution in [3.05, 3.63) is 52.8 Å². The fourth-order valence-corrected chi connectivity index (χ4v) is 4.09. The third kappa shape index (κ3) is 3.21. The van der Waals surface area contributed by atoms with Crippen molar-refractivity contribution >= 4 is 5.91 Å². The zero-order valence-electron chi connectivity index (χ0n) is 14.8. The summed E-state index contributed by atoms with van der Waals surface area (Å²) < 4.78 is 0. The summed E-state index contributed by atoms with van der Waals surface area (Å²) in [6.07, 6.45) is 5.61. The number of aryl methyl sites for hydroxylation is 2. The molecule has 0 spiro atoms. The van der Waals surface area contributed by atoms with Gasteiger partial charge in [0.05, 0.1) is 12.2 Å². The normalized spacial score (nSPS) is 23.3. The van der Waals surface area contributed by atoms with Crippen LogP contribution in [0.2, 0.25) is 0 Å². The lowest BCUT2D eigenvalue weighted by atomic mass is 9.86. The summed E-state index contributed by atoms with van der Waals surface area (Å²) in [7, 11) is 0. The molecule has 0 saturated carbocycles. The third-order valence-electron chi connectivity index (χ3n) is 5.67. The van der Waals surface area contributed by atoms with Gasteiger partial charge in [-0.2, -0.15) is 5.10 Å². The molecule has 5 nitrogen and oxygen atoms in total. The number of H-pyrrole nitrogens is 1. The summed E-state index contributed by atoms with van der Waals surface area (Å²) in [6, 6.07) is 8.87. The molecule has 1 amide bonds. The maximum atomic E-state index is 13.3. The van der Waals surface area contributed by atoms with E-state index in [0.717, 1.165) is 51.0 Å². The highest BCUT2D eigenvalue weighted by Crippen LogP contribution is 2.30. The molecular weight excluding hydrogens is 312 g/mol. The number of aromatic amines is 1. The van der Waals surface area contributed by atoms with Crippen LogP contribution >= 0.6 is 0 Å². The van der Waals surface area contributed by atoms with Gasteiger partial charge in [-0.1, -0.05) is 31.2 Å². The molecule has 2 N–H and O–H groups in total. The minimum atomic E-state index is 0.0727. The number of nitrogens with zero attached hydrogens (tertiary/aromatic N) is 2. The molecule has 1 saturated heterocycles. The predicted molar refractivity (Wildman–Crippen MR) is 97.2 cm³/mol.